The van der Waals surface area contributed by atoms with Gasteiger partial charge in [-0.1, -0.05) is 13.0 Å². The molecule has 6 nitrogen and oxygen atoms in total. The lowest BCUT2D eigenvalue weighted by atomic mass is 10.0. The van der Waals surface area contributed by atoms with Crippen molar-refractivity contribution in [2.24, 2.45) is 13.0 Å². The van der Waals surface area contributed by atoms with Crippen molar-refractivity contribution in [1.29, 1.82) is 0 Å². The predicted octanol–water partition coefficient (Wildman–Crippen LogP) is 3.62. The number of aryl methyl sites for hydroxylation is 2. The summed E-state index contributed by atoms with van der Waals surface area (Å²) >= 11 is 0. The number of anilines is 1. The summed E-state index contributed by atoms with van der Waals surface area (Å²) in [5, 5.41) is 2.89. The van der Waals surface area contributed by atoms with Crippen molar-refractivity contribution in [2.45, 2.75) is 45.4 Å². The van der Waals surface area contributed by atoms with E-state index in [1.165, 1.54) is 6.07 Å². The Labute approximate surface area is 167 Å². The van der Waals surface area contributed by atoms with Crippen LogP contribution in [0.25, 0.3) is 0 Å². The topological polar surface area (TPSA) is 71.4 Å². The van der Waals surface area contributed by atoms with Gasteiger partial charge in [-0.2, -0.15) is 4.31 Å². The van der Waals surface area contributed by atoms with E-state index in [-0.39, 0.29) is 10.8 Å². The molecule has 1 aliphatic rings. The van der Waals surface area contributed by atoms with Gasteiger partial charge in [-0.25, -0.2) is 8.42 Å². The van der Waals surface area contributed by atoms with Crippen molar-refractivity contribution >= 4 is 21.6 Å². The molecule has 2 aromatic rings. The molecule has 152 valence electrons. The number of rotatable bonds is 4. The zero-order valence-electron chi connectivity index (χ0n) is 17.2. The van der Waals surface area contributed by atoms with E-state index in [2.05, 4.69) is 12.2 Å². The first-order valence-corrected chi connectivity index (χ1v) is 11.1. The molecule has 0 spiro atoms. The number of amides is 1. The van der Waals surface area contributed by atoms with Gasteiger partial charge in [0.25, 0.3) is 5.91 Å². The molecule has 0 aliphatic carbocycles. The van der Waals surface area contributed by atoms with Crippen LogP contribution in [0.15, 0.2) is 29.2 Å². The summed E-state index contributed by atoms with van der Waals surface area (Å²) < 4.78 is 29.5. The minimum absolute atomic E-state index is 0.218. The van der Waals surface area contributed by atoms with E-state index in [4.69, 9.17) is 0 Å². The molecule has 1 amide bonds. The van der Waals surface area contributed by atoms with Crippen LogP contribution in [0.1, 0.15) is 47.1 Å². The molecule has 0 atom stereocenters. The van der Waals surface area contributed by atoms with Crippen molar-refractivity contribution in [3.8, 4) is 0 Å². The van der Waals surface area contributed by atoms with Crippen LogP contribution >= 0.6 is 0 Å². The summed E-state index contributed by atoms with van der Waals surface area (Å²) in [6.45, 7) is 8.89. The standard InChI is InChI=1S/C21H29N3O3S/c1-14-6-8-24(9-7-14)28(26,27)20-13-19(23(5)17(20)4)21(25)22-18-11-15(2)10-16(3)12-18/h10-14H,6-9H2,1-5H3,(H,22,25). The molecule has 1 aliphatic heterocycles. The van der Waals surface area contributed by atoms with E-state index in [0.717, 1.165) is 24.0 Å². The number of aromatic nitrogens is 1. The van der Waals surface area contributed by atoms with E-state index in [0.29, 0.717) is 36.1 Å². The Bertz CT molecular complexity index is 980. The Morgan fingerprint density at radius 2 is 1.61 bits per heavy atom. The predicted molar refractivity (Wildman–Crippen MR) is 111 cm³/mol. The van der Waals surface area contributed by atoms with Crippen LogP contribution in [0.3, 0.4) is 0 Å². The fourth-order valence-corrected chi connectivity index (χ4v) is 5.50. The van der Waals surface area contributed by atoms with E-state index in [9.17, 15) is 13.2 Å². The first-order valence-electron chi connectivity index (χ1n) is 9.65. The number of sulfonamides is 1. The van der Waals surface area contributed by atoms with E-state index >= 15 is 0 Å². The van der Waals surface area contributed by atoms with E-state index < -0.39 is 10.0 Å². The third-order valence-electron chi connectivity index (χ3n) is 5.56. The molecule has 1 aromatic carbocycles. The Balaban J connectivity index is 1.89. The van der Waals surface area contributed by atoms with Gasteiger partial charge in [0.2, 0.25) is 10.0 Å². The Kier molecular flexibility index (Phi) is 5.68. The zero-order chi connectivity index (χ0) is 20.6. The summed E-state index contributed by atoms with van der Waals surface area (Å²) in [6, 6.07) is 7.33. The molecule has 1 N–H and O–H groups in total. The van der Waals surface area contributed by atoms with Crippen LogP contribution in [-0.4, -0.2) is 36.3 Å². The van der Waals surface area contributed by atoms with Crippen molar-refractivity contribution in [2.75, 3.05) is 18.4 Å². The van der Waals surface area contributed by atoms with E-state index in [1.54, 1.807) is 22.8 Å². The molecule has 1 saturated heterocycles. The highest BCUT2D eigenvalue weighted by Gasteiger charge is 2.32. The first-order chi connectivity index (χ1) is 13.1. The Morgan fingerprint density at radius 3 is 2.18 bits per heavy atom. The fraction of sp³-hybridized carbons (Fsp3) is 0.476. The number of carbonyl (C=O) groups excluding carboxylic acids is 1. The molecule has 7 heteroatoms. The van der Waals surface area contributed by atoms with Gasteiger partial charge in [0.15, 0.2) is 0 Å². The maximum Gasteiger partial charge on any atom is 0.272 e. The van der Waals surface area contributed by atoms with Gasteiger partial charge in [-0.05, 0) is 68.9 Å². The van der Waals surface area contributed by atoms with Crippen molar-refractivity contribution in [3.05, 3.63) is 46.8 Å². The average Bonchev–Trinajstić information content (AvgIpc) is 2.90. The normalized spacial score (nSPS) is 16.3. The summed E-state index contributed by atoms with van der Waals surface area (Å²) in [6.07, 6.45) is 1.73. The van der Waals surface area contributed by atoms with Gasteiger partial charge in [0.1, 0.15) is 10.6 Å². The fourth-order valence-electron chi connectivity index (χ4n) is 3.76. The van der Waals surface area contributed by atoms with Crippen molar-refractivity contribution < 1.29 is 13.2 Å². The zero-order valence-corrected chi connectivity index (χ0v) is 18.1. The second kappa shape index (κ2) is 7.72. The van der Waals surface area contributed by atoms with Gasteiger partial charge in [0.05, 0.1) is 0 Å². The third-order valence-corrected chi connectivity index (χ3v) is 7.58. The monoisotopic (exact) mass is 403 g/mol. The summed E-state index contributed by atoms with van der Waals surface area (Å²) in [5.41, 5.74) is 3.72. The second-order valence-corrected chi connectivity index (χ2v) is 9.86. The van der Waals surface area contributed by atoms with Crippen LogP contribution in [0.5, 0.6) is 0 Å². The number of nitrogens with one attached hydrogen (secondary N) is 1. The highest BCUT2D eigenvalue weighted by Crippen LogP contribution is 2.27. The van der Waals surface area contributed by atoms with Crippen LogP contribution in [0, 0.1) is 26.7 Å². The van der Waals surface area contributed by atoms with Crippen LogP contribution in [-0.2, 0) is 17.1 Å². The Morgan fingerprint density at radius 1 is 1.04 bits per heavy atom. The van der Waals surface area contributed by atoms with Crippen LogP contribution in [0.4, 0.5) is 5.69 Å². The Hall–Kier alpha value is -2.12. The minimum atomic E-state index is -3.61. The number of hydrogen-bond acceptors (Lipinski definition) is 3. The van der Waals surface area contributed by atoms with Crippen molar-refractivity contribution in [3.63, 3.8) is 0 Å². The van der Waals surface area contributed by atoms with Gasteiger partial charge in [0, 0.05) is 31.5 Å². The maximum atomic E-state index is 13.1. The smallest absolute Gasteiger partial charge is 0.272 e. The summed E-state index contributed by atoms with van der Waals surface area (Å²) in [7, 11) is -1.88. The number of benzene rings is 1. The van der Waals surface area contributed by atoms with Crippen molar-refractivity contribution in [1.82, 2.24) is 8.87 Å². The number of nitrogens with zero attached hydrogens (tertiary/aromatic N) is 2. The van der Waals surface area contributed by atoms with Gasteiger partial charge >= 0.3 is 0 Å². The lowest BCUT2D eigenvalue weighted by Crippen LogP contribution is -2.38. The third kappa shape index (κ3) is 4.00. The van der Waals surface area contributed by atoms with Gasteiger partial charge in [-0.15, -0.1) is 0 Å². The molecular formula is C21H29N3O3S. The van der Waals surface area contributed by atoms with E-state index in [1.807, 2.05) is 32.0 Å². The highest BCUT2D eigenvalue weighted by molar-refractivity contribution is 7.89. The molecule has 1 fully saturated rings. The van der Waals surface area contributed by atoms with Crippen LogP contribution in [0.2, 0.25) is 0 Å². The summed E-state index contributed by atoms with van der Waals surface area (Å²) in [5.74, 6) is 0.228. The second-order valence-electron chi connectivity index (χ2n) is 7.96. The number of carbonyl (C=O) groups is 1. The SMILES string of the molecule is Cc1cc(C)cc(NC(=O)c2cc(S(=O)(=O)N3CCC(C)CC3)c(C)n2C)c1. The lowest BCUT2D eigenvalue weighted by molar-refractivity contribution is 0.101. The minimum Gasteiger partial charge on any atom is -0.343 e. The molecule has 3 rings (SSSR count). The molecule has 1 aromatic heterocycles. The highest BCUT2D eigenvalue weighted by atomic mass is 32.2. The van der Waals surface area contributed by atoms with Gasteiger partial charge < -0.3 is 9.88 Å². The van der Waals surface area contributed by atoms with Crippen LogP contribution < -0.4 is 5.32 Å². The summed E-state index contributed by atoms with van der Waals surface area (Å²) in [4.78, 5) is 13.0. The number of hydrogen-bond donors (Lipinski definition) is 1. The van der Waals surface area contributed by atoms with Gasteiger partial charge in [-0.3, -0.25) is 4.79 Å². The maximum absolute atomic E-state index is 13.1. The first kappa shape index (κ1) is 20.6. The molecular weight excluding hydrogens is 374 g/mol. The molecule has 0 radical (unpaired) electrons. The quantitative estimate of drug-likeness (QED) is 0.847. The lowest BCUT2D eigenvalue weighted by Gasteiger charge is -2.29. The molecule has 2 heterocycles. The largest absolute Gasteiger partial charge is 0.343 e. The molecule has 0 unspecified atom stereocenters. The molecule has 0 saturated carbocycles. The molecule has 0 bridgehead atoms. The number of piperidine rings is 1. The average molecular weight is 404 g/mol. The molecule has 28 heavy (non-hydrogen) atoms.